The predicted molar refractivity (Wildman–Crippen MR) is 74.3 cm³/mol. The summed E-state index contributed by atoms with van der Waals surface area (Å²) in [5, 5.41) is 1.03. The Bertz CT molecular complexity index is 801. The third-order valence-corrected chi connectivity index (χ3v) is 3.11. The SMILES string of the molecule is Nc1nc(-c2c(F)cccc2F)nc2cc(Cl)ccc12. The van der Waals surface area contributed by atoms with Gasteiger partial charge in [-0.2, -0.15) is 0 Å². The van der Waals surface area contributed by atoms with Crippen molar-refractivity contribution in [1.29, 1.82) is 0 Å². The van der Waals surface area contributed by atoms with E-state index >= 15 is 0 Å². The van der Waals surface area contributed by atoms with Gasteiger partial charge in [-0.15, -0.1) is 0 Å². The van der Waals surface area contributed by atoms with E-state index in [-0.39, 0.29) is 17.2 Å². The van der Waals surface area contributed by atoms with Crippen LogP contribution >= 0.6 is 11.6 Å². The van der Waals surface area contributed by atoms with E-state index in [2.05, 4.69) is 9.97 Å². The van der Waals surface area contributed by atoms with Crippen molar-refractivity contribution >= 4 is 28.3 Å². The van der Waals surface area contributed by atoms with Crippen molar-refractivity contribution in [3.63, 3.8) is 0 Å². The molecule has 2 N–H and O–H groups in total. The van der Waals surface area contributed by atoms with Gasteiger partial charge in [-0.25, -0.2) is 18.7 Å². The Morgan fingerprint density at radius 1 is 1.00 bits per heavy atom. The minimum Gasteiger partial charge on any atom is -0.383 e. The molecule has 20 heavy (non-hydrogen) atoms. The first kappa shape index (κ1) is 12.7. The summed E-state index contributed by atoms with van der Waals surface area (Å²) in [5.74, 6) is -1.45. The average Bonchev–Trinajstić information content (AvgIpc) is 2.38. The molecule has 0 atom stereocenters. The van der Waals surface area contributed by atoms with Crippen molar-refractivity contribution in [2.45, 2.75) is 0 Å². The Kier molecular flexibility index (Phi) is 2.99. The van der Waals surface area contributed by atoms with Crippen LogP contribution in [-0.4, -0.2) is 9.97 Å². The molecular weight excluding hydrogens is 284 g/mol. The molecule has 2 aromatic carbocycles. The van der Waals surface area contributed by atoms with E-state index in [1.165, 1.54) is 6.07 Å². The minimum absolute atomic E-state index is 0.104. The van der Waals surface area contributed by atoms with Gasteiger partial charge in [0, 0.05) is 10.4 Å². The Morgan fingerprint density at radius 3 is 2.40 bits per heavy atom. The van der Waals surface area contributed by atoms with Gasteiger partial charge in [0.25, 0.3) is 0 Å². The van der Waals surface area contributed by atoms with E-state index in [4.69, 9.17) is 17.3 Å². The molecule has 1 aromatic heterocycles. The zero-order chi connectivity index (χ0) is 14.3. The molecule has 3 aromatic rings. The molecule has 0 aliphatic carbocycles. The lowest BCUT2D eigenvalue weighted by atomic mass is 10.1. The van der Waals surface area contributed by atoms with Gasteiger partial charge in [0.1, 0.15) is 17.5 Å². The van der Waals surface area contributed by atoms with Crippen LogP contribution in [0.1, 0.15) is 0 Å². The molecule has 0 amide bonds. The third-order valence-electron chi connectivity index (χ3n) is 2.87. The lowest BCUT2D eigenvalue weighted by molar-refractivity contribution is 0.587. The Labute approximate surface area is 118 Å². The van der Waals surface area contributed by atoms with Crippen LogP contribution in [0.5, 0.6) is 0 Å². The first-order valence-corrected chi connectivity index (χ1v) is 6.11. The second kappa shape index (κ2) is 4.68. The number of halogens is 3. The molecule has 0 spiro atoms. The van der Waals surface area contributed by atoms with Crippen LogP contribution in [0.2, 0.25) is 5.02 Å². The fourth-order valence-corrected chi connectivity index (χ4v) is 2.12. The number of rotatable bonds is 1. The van der Waals surface area contributed by atoms with Crippen LogP contribution in [-0.2, 0) is 0 Å². The van der Waals surface area contributed by atoms with E-state index in [0.29, 0.717) is 15.9 Å². The summed E-state index contributed by atoms with van der Waals surface area (Å²) in [6.07, 6.45) is 0. The lowest BCUT2D eigenvalue weighted by Crippen LogP contribution is -2.00. The molecule has 0 bridgehead atoms. The van der Waals surface area contributed by atoms with Crippen molar-refractivity contribution in [3.05, 3.63) is 53.1 Å². The number of aromatic nitrogens is 2. The fourth-order valence-electron chi connectivity index (χ4n) is 1.95. The molecule has 1 heterocycles. The van der Waals surface area contributed by atoms with Crippen molar-refractivity contribution in [2.24, 2.45) is 0 Å². The molecule has 100 valence electrons. The summed E-state index contributed by atoms with van der Waals surface area (Å²) in [5.41, 5.74) is 5.93. The number of benzene rings is 2. The van der Waals surface area contributed by atoms with Crippen molar-refractivity contribution in [2.75, 3.05) is 5.73 Å². The largest absolute Gasteiger partial charge is 0.383 e. The van der Waals surface area contributed by atoms with Gasteiger partial charge in [0.2, 0.25) is 0 Å². The van der Waals surface area contributed by atoms with E-state index in [9.17, 15) is 8.78 Å². The zero-order valence-corrected chi connectivity index (χ0v) is 10.8. The number of nitrogens with two attached hydrogens (primary N) is 1. The molecular formula is C14H8ClF2N3. The van der Waals surface area contributed by atoms with Gasteiger partial charge in [0.15, 0.2) is 5.82 Å². The lowest BCUT2D eigenvalue weighted by Gasteiger charge is -2.07. The zero-order valence-electron chi connectivity index (χ0n) is 10.1. The van der Waals surface area contributed by atoms with Crippen LogP contribution in [0.15, 0.2) is 36.4 Å². The second-order valence-corrected chi connectivity index (χ2v) is 4.63. The minimum atomic E-state index is -0.745. The second-order valence-electron chi connectivity index (χ2n) is 4.19. The van der Waals surface area contributed by atoms with Gasteiger partial charge in [-0.1, -0.05) is 17.7 Å². The van der Waals surface area contributed by atoms with Gasteiger partial charge in [0.05, 0.1) is 11.1 Å². The predicted octanol–water partition coefficient (Wildman–Crippen LogP) is 3.81. The first-order valence-electron chi connectivity index (χ1n) is 5.73. The molecule has 0 saturated carbocycles. The quantitative estimate of drug-likeness (QED) is 0.742. The Balaban J connectivity index is 2.32. The number of nitrogen functional groups attached to an aromatic ring is 1. The van der Waals surface area contributed by atoms with Gasteiger partial charge < -0.3 is 5.73 Å². The maximum Gasteiger partial charge on any atom is 0.168 e. The van der Waals surface area contributed by atoms with Crippen LogP contribution in [0, 0.1) is 11.6 Å². The topological polar surface area (TPSA) is 51.8 Å². The van der Waals surface area contributed by atoms with Gasteiger partial charge in [-0.05, 0) is 30.3 Å². The Hall–Kier alpha value is -2.27. The number of hydrogen-bond acceptors (Lipinski definition) is 3. The number of hydrogen-bond donors (Lipinski definition) is 1. The molecule has 0 unspecified atom stereocenters. The highest BCUT2D eigenvalue weighted by Crippen LogP contribution is 2.28. The summed E-state index contributed by atoms with van der Waals surface area (Å²) in [6.45, 7) is 0. The van der Waals surface area contributed by atoms with E-state index < -0.39 is 11.6 Å². The van der Waals surface area contributed by atoms with Crippen LogP contribution in [0.4, 0.5) is 14.6 Å². The van der Waals surface area contributed by atoms with E-state index in [1.807, 2.05) is 0 Å². The van der Waals surface area contributed by atoms with Crippen molar-refractivity contribution in [3.8, 4) is 11.4 Å². The van der Waals surface area contributed by atoms with Gasteiger partial charge in [-0.3, -0.25) is 0 Å². The van der Waals surface area contributed by atoms with Crippen LogP contribution < -0.4 is 5.73 Å². The highest BCUT2D eigenvalue weighted by molar-refractivity contribution is 6.31. The normalized spacial score (nSPS) is 10.9. The summed E-state index contributed by atoms with van der Waals surface area (Å²) in [4.78, 5) is 8.10. The molecule has 0 aliphatic heterocycles. The number of nitrogens with zero attached hydrogens (tertiary/aromatic N) is 2. The number of fused-ring (bicyclic) bond motifs is 1. The molecule has 3 nitrogen and oxygen atoms in total. The monoisotopic (exact) mass is 291 g/mol. The van der Waals surface area contributed by atoms with E-state index in [1.54, 1.807) is 18.2 Å². The highest BCUT2D eigenvalue weighted by Gasteiger charge is 2.15. The highest BCUT2D eigenvalue weighted by atomic mass is 35.5. The molecule has 0 fully saturated rings. The van der Waals surface area contributed by atoms with E-state index in [0.717, 1.165) is 12.1 Å². The molecule has 3 rings (SSSR count). The fraction of sp³-hybridized carbons (Fsp3) is 0. The molecule has 0 aliphatic rings. The molecule has 0 radical (unpaired) electrons. The Morgan fingerprint density at radius 2 is 1.70 bits per heavy atom. The maximum atomic E-state index is 13.8. The standard InChI is InChI=1S/C14H8ClF2N3/c15-7-4-5-8-11(6-7)19-14(20-13(8)18)12-9(16)2-1-3-10(12)17/h1-6H,(H2,18,19,20). The maximum absolute atomic E-state index is 13.8. The summed E-state index contributed by atoms with van der Waals surface area (Å²) < 4.78 is 27.5. The van der Waals surface area contributed by atoms with Crippen LogP contribution in [0.3, 0.4) is 0 Å². The first-order chi connectivity index (χ1) is 9.56. The van der Waals surface area contributed by atoms with Crippen LogP contribution in [0.25, 0.3) is 22.3 Å². The van der Waals surface area contributed by atoms with Gasteiger partial charge >= 0.3 is 0 Å². The smallest absolute Gasteiger partial charge is 0.168 e. The average molecular weight is 292 g/mol. The molecule has 0 saturated heterocycles. The molecule has 6 heteroatoms. The summed E-state index contributed by atoms with van der Waals surface area (Å²) in [6, 6.07) is 8.42. The summed E-state index contributed by atoms with van der Waals surface area (Å²) in [7, 11) is 0. The summed E-state index contributed by atoms with van der Waals surface area (Å²) >= 11 is 5.88. The van der Waals surface area contributed by atoms with Crippen molar-refractivity contribution in [1.82, 2.24) is 9.97 Å². The number of anilines is 1. The van der Waals surface area contributed by atoms with Crippen molar-refractivity contribution < 1.29 is 8.78 Å². The third kappa shape index (κ3) is 2.06.